The number of anilines is 1. The van der Waals surface area contributed by atoms with E-state index in [4.69, 9.17) is 4.42 Å². The molecule has 0 saturated heterocycles. The number of furan rings is 1. The minimum absolute atomic E-state index is 0.251. The van der Waals surface area contributed by atoms with Gasteiger partial charge in [-0.2, -0.15) is 0 Å². The van der Waals surface area contributed by atoms with Gasteiger partial charge in [0.2, 0.25) is 0 Å². The Kier molecular flexibility index (Phi) is 4.26. The Morgan fingerprint density at radius 1 is 1.32 bits per heavy atom. The Labute approximate surface area is 126 Å². The van der Waals surface area contributed by atoms with Gasteiger partial charge in [-0.05, 0) is 62.5 Å². The van der Waals surface area contributed by atoms with E-state index in [-0.39, 0.29) is 5.88 Å². The molecule has 0 amide bonds. The van der Waals surface area contributed by atoms with Crippen LogP contribution >= 0.6 is 31.9 Å². The Bertz CT molecular complexity index is 602. The van der Waals surface area contributed by atoms with E-state index in [9.17, 15) is 10.1 Å². The highest BCUT2D eigenvalue weighted by Crippen LogP contribution is 2.32. The second-order valence-corrected chi connectivity index (χ2v) is 5.66. The van der Waals surface area contributed by atoms with Gasteiger partial charge < -0.3 is 9.73 Å². The van der Waals surface area contributed by atoms with Crippen LogP contribution in [0.3, 0.4) is 0 Å². The summed E-state index contributed by atoms with van der Waals surface area (Å²) in [6.45, 7) is 2.36. The molecule has 0 aliphatic rings. The second-order valence-electron chi connectivity index (χ2n) is 3.95. The number of benzene rings is 1. The predicted octanol–water partition coefficient (Wildman–Crippen LogP) is 4.63. The summed E-state index contributed by atoms with van der Waals surface area (Å²) in [5.74, 6) is 0.255. The van der Waals surface area contributed by atoms with Crippen molar-refractivity contribution in [2.24, 2.45) is 0 Å². The molecule has 0 atom stereocenters. The third-order valence-corrected chi connectivity index (χ3v) is 3.70. The van der Waals surface area contributed by atoms with Gasteiger partial charge in [0.25, 0.3) is 0 Å². The van der Waals surface area contributed by atoms with E-state index in [0.717, 1.165) is 20.2 Å². The van der Waals surface area contributed by atoms with Crippen LogP contribution in [0.4, 0.5) is 11.6 Å². The topological polar surface area (TPSA) is 68.3 Å². The summed E-state index contributed by atoms with van der Waals surface area (Å²) in [6, 6.07) is 6.90. The lowest BCUT2D eigenvalue weighted by Crippen LogP contribution is -2.00. The van der Waals surface area contributed by atoms with Gasteiger partial charge in [0.1, 0.15) is 10.7 Å². The fourth-order valence-corrected chi connectivity index (χ4v) is 3.30. The summed E-state index contributed by atoms with van der Waals surface area (Å²) < 4.78 is 6.91. The van der Waals surface area contributed by atoms with Crippen LogP contribution in [0.15, 0.2) is 37.6 Å². The summed E-state index contributed by atoms with van der Waals surface area (Å²) in [5, 5.41) is 13.7. The van der Waals surface area contributed by atoms with Crippen LogP contribution in [-0.4, -0.2) is 4.92 Å². The molecule has 0 spiro atoms. The Balaban J connectivity index is 2.12. The van der Waals surface area contributed by atoms with Gasteiger partial charge in [-0.1, -0.05) is 0 Å². The first-order chi connectivity index (χ1) is 8.97. The maximum atomic E-state index is 10.5. The smallest absolute Gasteiger partial charge is 0.404 e. The second kappa shape index (κ2) is 5.75. The maximum absolute atomic E-state index is 10.5. The number of aryl methyl sites for hydroxylation is 1. The van der Waals surface area contributed by atoms with Gasteiger partial charge in [-0.3, -0.25) is 10.1 Å². The van der Waals surface area contributed by atoms with Gasteiger partial charge in [0.05, 0.1) is 18.3 Å². The van der Waals surface area contributed by atoms with Gasteiger partial charge in [-0.15, -0.1) is 0 Å². The van der Waals surface area contributed by atoms with Crippen LogP contribution in [0.5, 0.6) is 0 Å². The molecule has 0 fully saturated rings. The third-order valence-electron chi connectivity index (χ3n) is 2.45. The number of hydrogen-bond acceptors (Lipinski definition) is 4. The van der Waals surface area contributed by atoms with Gasteiger partial charge in [-0.25, -0.2) is 0 Å². The van der Waals surface area contributed by atoms with Crippen molar-refractivity contribution in [1.29, 1.82) is 0 Å². The van der Waals surface area contributed by atoms with Crippen LogP contribution in [0, 0.1) is 17.0 Å². The monoisotopic (exact) mass is 388 g/mol. The van der Waals surface area contributed by atoms with Crippen molar-refractivity contribution >= 4 is 43.4 Å². The molecular weight excluding hydrogens is 380 g/mol. The minimum atomic E-state index is -0.554. The van der Waals surface area contributed by atoms with E-state index in [1.807, 2.05) is 19.1 Å². The first-order valence-electron chi connectivity index (χ1n) is 5.40. The quantitative estimate of drug-likeness (QED) is 0.611. The van der Waals surface area contributed by atoms with Crippen molar-refractivity contribution in [1.82, 2.24) is 0 Å². The fourth-order valence-electron chi connectivity index (χ4n) is 1.60. The first-order valence-corrected chi connectivity index (χ1v) is 6.98. The molecule has 19 heavy (non-hydrogen) atoms. The Hall–Kier alpha value is -1.34. The highest BCUT2D eigenvalue weighted by atomic mass is 79.9. The van der Waals surface area contributed by atoms with E-state index in [1.54, 1.807) is 6.07 Å². The van der Waals surface area contributed by atoms with E-state index >= 15 is 0 Å². The van der Waals surface area contributed by atoms with Crippen LogP contribution in [0.25, 0.3) is 0 Å². The molecule has 0 radical (unpaired) electrons. The molecule has 100 valence electrons. The number of nitro groups is 1. The highest BCUT2D eigenvalue weighted by molar-refractivity contribution is 9.11. The molecule has 1 aromatic heterocycles. The van der Waals surface area contributed by atoms with Crippen LogP contribution in [-0.2, 0) is 6.54 Å². The average Bonchev–Trinajstić information content (AvgIpc) is 2.76. The number of halogens is 2. The number of nitrogens with one attached hydrogen (secondary N) is 1. The molecule has 1 aromatic carbocycles. The van der Waals surface area contributed by atoms with Crippen molar-refractivity contribution in [2.45, 2.75) is 13.5 Å². The minimum Gasteiger partial charge on any atom is -0.404 e. The number of nitrogens with zero attached hydrogens (tertiary/aromatic N) is 1. The molecule has 1 heterocycles. The zero-order valence-electron chi connectivity index (χ0n) is 9.94. The lowest BCUT2D eigenvalue weighted by Gasteiger charge is -2.10. The summed E-state index contributed by atoms with van der Waals surface area (Å²) in [6.07, 6.45) is 0. The number of hydrogen-bond donors (Lipinski definition) is 1. The van der Waals surface area contributed by atoms with E-state index in [1.165, 1.54) is 6.07 Å². The molecule has 0 bridgehead atoms. The number of rotatable bonds is 4. The van der Waals surface area contributed by atoms with Gasteiger partial charge >= 0.3 is 5.88 Å². The largest absolute Gasteiger partial charge is 0.433 e. The van der Waals surface area contributed by atoms with Crippen LogP contribution in [0.1, 0.15) is 11.3 Å². The summed E-state index contributed by atoms with van der Waals surface area (Å²) in [7, 11) is 0. The summed E-state index contributed by atoms with van der Waals surface area (Å²) in [4.78, 5) is 9.96. The van der Waals surface area contributed by atoms with Crippen molar-refractivity contribution in [2.75, 3.05) is 5.32 Å². The van der Waals surface area contributed by atoms with E-state index < -0.39 is 4.92 Å². The van der Waals surface area contributed by atoms with Crippen molar-refractivity contribution < 1.29 is 9.34 Å². The van der Waals surface area contributed by atoms with Crippen LogP contribution in [0.2, 0.25) is 0 Å². The van der Waals surface area contributed by atoms with E-state index in [2.05, 4.69) is 37.2 Å². The Morgan fingerprint density at radius 2 is 1.95 bits per heavy atom. The molecule has 0 aliphatic heterocycles. The van der Waals surface area contributed by atoms with Crippen LogP contribution < -0.4 is 5.32 Å². The normalized spacial score (nSPS) is 10.5. The average molecular weight is 390 g/mol. The standard InChI is InChI=1S/C12H10Br2N2O3/c1-7-4-9(13)12(10(14)5-7)15-6-8-2-3-11(19-8)16(17)18/h2-5,15H,6H2,1H3. The predicted molar refractivity (Wildman–Crippen MR) is 79.3 cm³/mol. The SMILES string of the molecule is Cc1cc(Br)c(NCc2ccc([N+](=O)[O-])o2)c(Br)c1. The molecular formula is C12H10Br2N2O3. The molecule has 0 unspecified atom stereocenters. The Morgan fingerprint density at radius 3 is 2.47 bits per heavy atom. The first kappa shape index (κ1) is 14.1. The third kappa shape index (κ3) is 3.36. The molecule has 2 aromatic rings. The highest BCUT2D eigenvalue weighted by Gasteiger charge is 2.12. The molecule has 1 N–H and O–H groups in total. The van der Waals surface area contributed by atoms with Crippen molar-refractivity contribution in [3.63, 3.8) is 0 Å². The maximum Gasteiger partial charge on any atom is 0.433 e. The zero-order chi connectivity index (χ0) is 14.0. The molecule has 2 rings (SSSR count). The summed E-state index contributed by atoms with van der Waals surface area (Å²) in [5.41, 5.74) is 2.00. The lowest BCUT2D eigenvalue weighted by molar-refractivity contribution is -0.402. The lowest BCUT2D eigenvalue weighted by atomic mass is 10.2. The summed E-state index contributed by atoms with van der Waals surface area (Å²) >= 11 is 6.94. The zero-order valence-corrected chi connectivity index (χ0v) is 13.1. The van der Waals surface area contributed by atoms with Crippen molar-refractivity contribution in [3.8, 4) is 0 Å². The molecule has 7 heteroatoms. The molecule has 0 aliphatic carbocycles. The van der Waals surface area contributed by atoms with Crippen molar-refractivity contribution in [3.05, 3.63) is 54.6 Å². The molecule has 0 saturated carbocycles. The van der Waals surface area contributed by atoms with Gasteiger partial charge in [0.15, 0.2) is 0 Å². The van der Waals surface area contributed by atoms with E-state index in [0.29, 0.717) is 12.3 Å². The fraction of sp³-hybridized carbons (Fsp3) is 0.167. The molecule has 5 nitrogen and oxygen atoms in total. The van der Waals surface area contributed by atoms with Gasteiger partial charge in [0, 0.05) is 8.95 Å².